The number of hydrogen-bond donors (Lipinski definition) is 2. The van der Waals surface area contributed by atoms with Gasteiger partial charge in [-0.05, 0) is 32.0 Å². The number of anilines is 1. The van der Waals surface area contributed by atoms with Gasteiger partial charge in [0.2, 0.25) is 0 Å². The van der Waals surface area contributed by atoms with Crippen LogP contribution < -0.4 is 5.32 Å². The Balaban J connectivity index is 1.59. The summed E-state index contributed by atoms with van der Waals surface area (Å²) < 4.78 is 67.3. The third-order valence-electron chi connectivity index (χ3n) is 5.19. The predicted molar refractivity (Wildman–Crippen MR) is 111 cm³/mol. The number of nitrogens with one attached hydrogen (secondary N) is 2. The summed E-state index contributed by atoms with van der Waals surface area (Å²) in [4.78, 5) is 9.83. The van der Waals surface area contributed by atoms with E-state index in [1.54, 1.807) is 13.2 Å². The van der Waals surface area contributed by atoms with Crippen molar-refractivity contribution in [2.24, 2.45) is 0 Å². The number of hydrogen-bond acceptors (Lipinski definition) is 5. The molecule has 0 aliphatic rings. The second kappa shape index (κ2) is 9.76. The average Bonchev–Trinajstić information content (AvgIpc) is 3.21. The second-order valence-corrected chi connectivity index (χ2v) is 7.79. The Morgan fingerprint density at radius 1 is 1.03 bits per heavy atom. The molecule has 2 heterocycles. The maximum Gasteiger partial charge on any atom is 0.416 e. The third-order valence-corrected chi connectivity index (χ3v) is 5.19. The van der Waals surface area contributed by atoms with E-state index in [1.807, 2.05) is 6.92 Å². The lowest BCUT2D eigenvalue weighted by molar-refractivity contribution is -0.137. The summed E-state index contributed by atoms with van der Waals surface area (Å²) in [6, 6.07) is 3.04. The standard InChI is InChI=1S/C21H25F5N6/c1-3-4-16(30-18-17-11-29-31-19(17)28-13-27-18)9-10-32(2)12-20(22,23)14-5-7-15(8-6-14)21(24,25)26/h5-8,11,13,16H,3-4,9-10,12H2,1-2H3,(H2,27,28,29,30,31). The van der Waals surface area contributed by atoms with E-state index in [2.05, 4.69) is 25.5 Å². The fraction of sp³-hybridized carbons (Fsp3) is 0.476. The molecule has 3 rings (SSSR count). The van der Waals surface area contributed by atoms with Crippen LogP contribution >= 0.6 is 0 Å². The van der Waals surface area contributed by atoms with Gasteiger partial charge in [-0.15, -0.1) is 0 Å². The summed E-state index contributed by atoms with van der Waals surface area (Å²) in [5.41, 5.74) is -0.787. The molecular formula is C21H25F5N6. The van der Waals surface area contributed by atoms with Crippen LogP contribution in [0.2, 0.25) is 0 Å². The van der Waals surface area contributed by atoms with E-state index in [1.165, 1.54) is 11.2 Å². The molecule has 11 heteroatoms. The quantitative estimate of drug-likeness (QED) is 0.417. The number of benzene rings is 1. The summed E-state index contributed by atoms with van der Waals surface area (Å²) in [7, 11) is 1.57. The maximum absolute atomic E-state index is 14.6. The van der Waals surface area contributed by atoms with Crippen molar-refractivity contribution < 1.29 is 22.0 Å². The molecule has 1 unspecified atom stereocenters. The van der Waals surface area contributed by atoms with Crippen molar-refractivity contribution in [1.29, 1.82) is 0 Å². The molecule has 0 amide bonds. The van der Waals surface area contributed by atoms with Crippen molar-refractivity contribution in [3.05, 3.63) is 47.9 Å². The summed E-state index contributed by atoms with van der Waals surface area (Å²) >= 11 is 0. The van der Waals surface area contributed by atoms with Crippen molar-refractivity contribution in [3.8, 4) is 0 Å². The molecule has 0 aliphatic carbocycles. The van der Waals surface area contributed by atoms with E-state index < -0.39 is 29.8 Å². The van der Waals surface area contributed by atoms with Crippen molar-refractivity contribution in [1.82, 2.24) is 25.1 Å². The second-order valence-electron chi connectivity index (χ2n) is 7.79. The summed E-state index contributed by atoms with van der Waals surface area (Å²) in [6.07, 6.45) is 0.767. The zero-order valence-corrected chi connectivity index (χ0v) is 17.8. The Kier molecular flexibility index (Phi) is 7.27. The monoisotopic (exact) mass is 456 g/mol. The molecule has 0 aliphatic heterocycles. The first-order chi connectivity index (χ1) is 15.1. The van der Waals surface area contributed by atoms with Crippen LogP contribution in [0, 0.1) is 0 Å². The van der Waals surface area contributed by atoms with Crippen LogP contribution in [0.5, 0.6) is 0 Å². The van der Waals surface area contributed by atoms with Crippen LogP contribution in [0.25, 0.3) is 11.0 Å². The van der Waals surface area contributed by atoms with Gasteiger partial charge in [0.25, 0.3) is 5.92 Å². The SMILES string of the molecule is CCCC(CCN(C)CC(F)(F)c1ccc(C(F)(F)F)cc1)Nc1ncnc2[nH]ncc12. The van der Waals surface area contributed by atoms with Crippen LogP contribution in [0.4, 0.5) is 27.8 Å². The predicted octanol–water partition coefficient (Wildman–Crippen LogP) is 5.07. The van der Waals surface area contributed by atoms with Crippen LogP contribution in [-0.4, -0.2) is 51.2 Å². The van der Waals surface area contributed by atoms with E-state index in [9.17, 15) is 22.0 Å². The van der Waals surface area contributed by atoms with Gasteiger partial charge in [-0.25, -0.2) is 9.97 Å². The summed E-state index contributed by atoms with van der Waals surface area (Å²) in [5.74, 6) is -2.65. The highest BCUT2D eigenvalue weighted by atomic mass is 19.4. The fourth-order valence-corrected chi connectivity index (χ4v) is 3.50. The normalized spacial score (nSPS) is 13.6. The Hall–Kier alpha value is -2.82. The highest BCUT2D eigenvalue weighted by Crippen LogP contribution is 2.33. The van der Waals surface area contributed by atoms with Crippen molar-refractivity contribution in [3.63, 3.8) is 0 Å². The zero-order valence-electron chi connectivity index (χ0n) is 17.8. The van der Waals surface area contributed by atoms with Gasteiger partial charge in [-0.3, -0.25) is 5.10 Å². The Labute approximate surface area is 182 Å². The molecule has 6 nitrogen and oxygen atoms in total. The lowest BCUT2D eigenvalue weighted by Gasteiger charge is -2.26. The molecule has 1 atom stereocenters. The highest BCUT2D eigenvalue weighted by molar-refractivity contribution is 5.85. The van der Waals surface area contributed by atoms with Crippen molar-refractivity contribution in [2.75, 3.05) is 25.5 Å². The number of H-pyrrole nitrogens is 1. The minimum Gasteiger partial charge on any atom is -0.367 e. The van der Waals surface area contributed by atoms with Crippen LogP contribution in [-0.2, 0) is 12.1 Å². The number of fused-ring (bicyclic) bond motifs is 1. The molecule has 0 saturated heterocycles. The minimum atomic E-state index is -4.56. The summed E-state index contributed by atoms with van der Waals surface area (Å²) in [5, 5.41) is 10.8. The number of nitrogens with zero attached hydrogens (tertiary/aromatic N) is 4. The number of halogens is 5. The first-order valence-electron chi connectivity index (χ1n) is 10.2. The fourth-order valence-electron chi connectivity index (χ4n) is 3.50. The number of likely N-dealkylation sites (N-methyl/N-ethyl adjacent to an activating group) is 1. The van der Waals surface area contributed by atoms with Gasteiger partial charge < -0.3 is 10.2 Å². The van der Waals surface area contributed by atoms with Gasteiger partial charge in [-0.2, -0.15) is 27.1 Å². The van der Waals surface area contributed by atoms with E-state index in [0.29, 0.717) is 36.6 Å². The lowest BCUT2D eigenvalue weighted by atomic mass is 10.0. The van der Waals surface area contributed by atoms with Gasteiger partial charge >= 0.3 is 6.18 Å². The third kappa shape index (κ3) is 5.90. The van der Waals surface area contributed by atoms with Gasteiger partial charge in [0.15, 0.2) is 5.65 Å². The Morgan fingerprint density at radius 2 is 1.72 bits per heavy atom. The Bertz CT molecular complexity index is 1000. The van der Waals surface area contributed by atoms with Crippen molar-refractivity contribution in [2.45, 2.75) is 44.3 Å². The van der Waals surface area contributed by atoms with Gasteiger partial charge in [0.05, 0.1) is 23.7 Å². The van der Waals surface area contributed by atoms with E-state index in [-0.39, 0.29) is 6.04 Å². The number of alkyl halides is 5. The molecule has 3 aromatic rings. The van der Waals surface area contributed by atoms with Crippen LogP contribution in [0.1, 0.15) is 37.3 Å². The highest BCUT2D eigenvalue weighted by Gasteiger charge is 2.35. The molecule has 0 saturated carbocycles. The lowest BCUT2D eigenvalue weighted by Crippen LogP contribution is -2.35. The topological polar surface area (TPSA) is 69.7 Å². The van der Waals surface area contributed by atoms with Gasteiger partial charge in [0.1, 0.15) is 12.1 Å². The largest absolute Gasteiger partial charge is 0.416 e. The van der Waals surface area contributed by atoms with E-state index >= 15 is 0 Å². The smallest absolute Gasteiger partial charge is 0.367 e. The van der Waals surface area contributed by atoms with E-state index in [4.69, 9.17) is 0 Å². The molecule has 1 aromatic carbocycles. The summed E-state index contributed by atoms with van der Waals surface area (Å²) in [6.45, 7) is 1.80. The maximum atomic E-state index is 14.6. The molecule has 2 aromatic heterocycles. The molecule has 0 spiro atoms. The number of aromatic amines is 1. The number of rotatable bonds is 10. The molecular weight excluding hydrogens is 431 g/mol. The molecule has 0 bridgehead atoms. The van der Waals surface area contributed by atoms with Crippen LogP contribution in [0.3, 0.4) is 0 Å². The molecule has 0 radical (unpaired) electrons. The molecule has 0 fully saturated rings. The Morgan fingerprint density at radius 3 is 2.38 bits per heavy atom. The average molecular weight is 456 g/mol. The molecule has 174 valence electrons. The van der Waals surface area contributed by atoms with Crippen molar-refractivity contribution >= 4 is 16.9 Å². The van der Waals surface area contributed by atoms with E-state index in [0.717, 1.165) is 30.4 Å². The van der Waals surface area contributed by atoms with Gasteiger partial charge in [0, 0.05) is 18.2 Å². The minimum absolute atomic E-state index is 0.00450. The zero-order chi connectivity index (χ0) is 23.4. The number of aromatic nitrogens is 4. The van der Waals surface area contributed by atoms with Crippen LogP contribution in [0.15, 0.2) is 36.8 Å². The van der Waals surface area contributed by atoms with Gasteiger partial charge in [-0.1, -0.05) is 25.5 Å². The molecule has 32 heavy (non-hydrogen) atoms. The molecule has 2 N–H and O–H groups in total. The first-order valence-corrected chi connectivity index (χ1v) is 10.2. The first kappa shape index (κ1) is 23.8.